The number of rotatable bonds is 4. The zero-order valence-corrected chi connectivity index (χ0v) is 9.62. The molecule has 2 aliphatic rings. The average molecular weight is 212 g/mol. The van der Waals surface area contributed by atoms with E-state index in [0.717, 1.165) is 38.9 Å². The second-order valence-corrected chi connectivity index (χ2v) is 4.99. The lowest BCUT2D eigenvalue weighted by atomic mass is 9.90. The maximum Gasteiger partial charge on any atom is 0.0581 e. The van der Waals surface area contributed by atoms with E-state index in [0.29, 0.717) is 5.92 Å². The van der Waals surface area contributed by atoms with Gasteiger partial charge in [0.1, 0.15) is 0 Å². The van der Waals surface area contributed by atoms with E-state index in [9.17, 15) is 5.11 Å². The Bertz CT molecular complexity index is 174. The minimum atomic E-state index is -0.0623. The molecule has 0 aliphatic carbocycles. The first-order valence-electron chi connectivity index (χ1n) is 6.47. The van der Waals surface area contributed by atoms with Crippen molar-refractivity contribution < 1.29 is 5.11 Å². The fourth-order valence-electron chi connectivity index (χ4n) is 2.79. The smallest absolute Gasteiger partial charge is 0.0581 e. The number of nitrogens with zero attached hydrogens (tertiary/aromatic N) is 1. The number of piperidine rings is 1. The van der Waals surface area contributed by atoms with Crippen LogP contribution in [0, 0.1) is 5.92 Å². The van der Waals surface area contributed by atoms with Crippen molar-refractivity contribution in [1.29, 1.82) is 0 Å². The van der Waals surface area contributed by atoms with Crippen LogP contribution < -0.4 is 5.32 Å². The van der Waals surface area contributed by atoms with Crippen molar-refractivity contribution >= 4 is 0 Å². The summed E-state index contributed by atoms with van der Waals surface area (Å²) in [5.41, 5.74) is 0. The van der Waals surface area contributed by atoms with E-state index in [-0.39, 0.29) is 6.10 Å². The third kappa shape index (κ3) is 3.44. The van der Waals surface area contributed by atoms with Crippen LogP contribution >= 0.6 is 0 Å². The predicted molar refractivity (Wildman–Crippen MR) is 61.9 cm³/mol. The molecule has 0 spiro atoms. The molecule has 3 nitrogen and oxygen atoms in total. The second kappa shape index (κ2) is 5.83. The maximum atomic E-state index is 10.1. The number of hydrogen-bond donors (Lipinski definition) is 2. The Morgan fingerprint density at radius 1 is 1.20 bits per heavy atom. The fraction of sp³-hybridized carbons (Fsp3) is 1.00. The SMILES string of the molecule is OC(CCN1CCCC1)C1CCNCC1. The fourth-order valence-corrected chi connectivity index (χ4v) is 2.79. The van der Waals surface area contributed by atoms with Gasteiger partial charge in [0.15, 0.2) is 0 Å². The van der Waals surface area contributed by atoms with Crippen LogP contribution in [0.15, 0.2) is 0 Å². The van der Waals surface area contributed by atoms with Gasteiger partial charge in [-0.3, -0.25) is 0 Å². The molecule has 2 rings (SSSR count). The van der Waals surface area contributed by atoms with Crippen molar-refractivity contribution in [1.82, 2.24) is 10.2 Å². The molecule has 0 amide bonds. The molecule has 0 aromatic carbocycles. The first kappa shape index (κ1) is 11.4. The highest BCUT2D eigenvalue weighted by Crippen LogP contribution is 2.19. The van der Waals surface area contributed by atoms with Crippen LogP contribution in [0.25, 0.3) is 0 Å². The second-order valence-electron chi connectivity index (χ2n) is 4.99. The first-order chi connectivity index (χ1) is 7.36. The third-order valence-corrected chi connectivity index (χ3v) is 3.87. The Labute approximate surface area is 92.8 Å². The Morgan fingerprint density at radius 3 is 2.53 bits per heavy atom. The molecule has 0 saturated carbocycles. The van der Waals surface area contributed by atoms with Gasteiger partial charge in [0.05, 0.1) is 6.10 Å². The number of aliphatic hydroxyl groups is 1. The molecule has 1 atom stereocenters. The number of likely N-dealkylation sites (tertiary alicyclic amines) is 1. The van der Waals surface area contributed by atoms with Crippen LogP contribution in [0.3, 0.4) is 0 Å². The summed E-state index contributed by atoms with van der Waals surface area (Å²) in [5.74, 6) is 0.550. The van der Waals surface area contributed by atoms with E-state index in [1.165, 1.54) is 25.9 Å². The molecule has 1 unspecified atom stereocenters. The van der Waals surface area contributed by atoms with Crippen molar-refractivity contribution in [3.05, 3.63) is 0 Å². The van der Waals surface area contributed by atoms with E-state index in [2.05, 4.69) is 10.2 Å². The zero-order valence-electron chi connectivity index (χ0n) is 9.62. The normalized spacial score (nSPS) is 27.0. The Balaban J connectivity index is 1.64. The van der Waals surface area contributed by atoms with Crippen molar-refractivity contribution in [3.8, 4) is 0 Å². The Morgan fingerprint density at radius 2 is 1.87 bits per heavy atom. The minimum Gasteiger partial charge on any atom is -0.393 e. The van der Waals surface area contributed by atoms with Gasteiger partial charge in [-0.2, -0.15) is 0 Å². The van der Waals surface area contributed by atoms with Gasteiger partial charge in [-0.15, -0.1) is 0 Å². The summed E-state index contributed by atoms with van der Waals surface area (Å²) < 4.78 is 0. The monoisotopic (exact) mass is 212 g/mol. The number of aliphatic hydroxyl groups excluding tert-OH is 1. The highest BCUT2D eigenvalue weighted by Gasteiger charge is 2.22. The first-order valence-corrected chi connectivity index (χ1v) is 6.47. The molecule has 0 aromatic heterocycles. The lowest BCUT2D eigenvalue weighted by Crippen LogP contribution is -2.35. The van der Waals surface area contributed by atoms with E-state index >= 15 is 0 Å². The van der Waals surface area contributed by atoms with Crippen LogP contribution in [0.5, 0.6) is 0 Å². The van der Waals surface area contributed by atoms with E-state index in [1.54, 1.807) is 0 Å². The Kier molecular flexibility index (Phi) is 4.42. The average Bonchev–Trinajstić information content (AvgIpc) is 2.80. The predicted octanol–water partition coefficient (Wildman–Crippen LogP) is 0.833. The lowest BCUT2D eigenvalue weighted by Gasteiger charge is -2.28. The molecule has 2 saturated heterocycles. The van der Waals surface area contributed by atoms with Crippen LogP contribution in [-0.4, -0.2) is 48.8 Å². The molecule has 2 heterocycles. The van der Waals surface area contributed by atoms with Crippen LogP contribution in [0.1, 0.15) is 32.1 Å². The van der Waals surface area contributed by atoms with Gasteiger partial charge in [-0.05, 0) is 64.2 Å². The Hall–Kier alpha value is -0.120. The van der Waals surface area contributed by atoms with Gasteiger partial charge in [0.25, 0.3) is 0 Å². The zero-order chi connectivity index (χ0) is 10.5. The van der Waals surface area contributed by atoms with Gasteiger partial charge < -0.3 is 15.3 Å². The van der Waals surface area contributed by atoms with Crippen molar-refractivity contribution in [2.75, 3.05) is 32.7 Å². The van der Waals surface area contributed by atoms with Crippen molar-refractivity contribution in [2.45, 2.75) is 38.2 Å². The number of hydrogen-bond acceptors (Lipinski definition) is 3. The summed E-state index contributed by atoms with van der Waals surface area (Å²) in [4.78, 5) is 2.49. The van der Waals surface area contributed by atoms with Gasteiger partial charge in [-0.1, -0.05) is 0 Å². The quantitative estimate of drug-likeness (QED) is 0.724. The summed E-state index contributed by atoms with van der Waals surface area (Å²) in [6.07, 6.45) is 5.92. The van der Waals surface area contributed by atoms with Crippen LogP contribution in [-0.2, 0) is 0 Å². The van der Waals surface area contributed by atoms with Gasteiger partial charge in [0, 0.05) is 6.54 Å². The minimum absolute atomic E-state index is 0.0623. The van der Waals surface area contributed by atoms with Gasteiger partial charge in [-0.25, -0.2) is 0 Å². The topological polar surface area (TPSA) is 35.5 Å². The van der Waals surface area contributed by atoms with Gasteiger partial charge in [0.2, 0.25) is 0 Å². The molecule has 0 aromatic rings. The van der Waals surface area contributed by atoms with Gasteiger partial charge >= 0.3 is 0 Å². The van der Waals surface area contributed by atoms with Crippen LogP contribution in [0.2, 0.25) is 0 Å². The molecule has 2 aliphatic heterocycles. The van der Waals surface area contributed by atoms with E-state index in [4.69, 9.17) is 0 Å². The van der Waals surface area contributed by atoms with Crippen LogP contribution in [0.4, 0.5) is 0 Å². The highest BCUT2D eigenvalue weighted by molar-refractivity contribution is 4.77. The third-order valence-electron chi connectivity index (χ3n) is 3.87. The standard InChI is InChI=1S/C12H24N2O/c15-12(11-3-6-13-7-4-11)5-10-14-8-1-2-9-14/h11-13,15H,1-10H2. The largest absolute Gasteiger partial charge is 0.393 e. The molecule has 88 valence electrons. The summed E-state index contributed by atoms with van der Waals surface area (Å²) >= 11 is 0. The van der Waals surface area contributed by atoms with Crippen molar-refractivity contribution in [2.24, 2.45) is 5.92 Å². The molecule has 0 bridgehead atoms. The summed E-state index contributed by atoms with van der Waals surface area (Å²) in [6, 6.07) is 0. The number of nitrogens with one attached hydrogen (secondary N) is 1. The van der Waals surface area contributed by atoms with E-state index < -0.39 is 0 Å². The molecular formula is C12H24N2O. The summed E-state index contributed by atoms with van der Waals surface area (Å²) in [5, 5.41) is 13.4. The molecule has 0 radical (unpaired) electrons. The lowest BCUT2D eigenvalue weighted by molar-refractivity contribution is 0.0720. The molecule has 3 heteroatoms. The summed E-state index contributed by atoms with van der Waals surface area (Å²) in [7, 11) is 0. The van der Waals surface area contributed by atoms with E-state index in [1.807, 2.05) is 0 Å². The molecular weight excluding hydrogens is 188 g/mol. The molecule has 15 heavy (non-hydrogen) atoms. The maximum absolute atomic E-state index is 10.1. The van der Waals surface area contributed by atoms with Crippen molar-refractivity contribution in [3.63, 3.8) is 0 Å². The highest BCUT2D eigenvalue weighted by atomic mass is 16.3. The molecule has 2 fully saturated rings. The molecule has 2 N–H and O–H groups in total. The summed E-state index contributed by atoms with van der Waals surface area (Å²) in [6.45, 7) is 5.78.